The van der Waals surface area contributed by atoms with Crippen molar-refractivity contribution in [3.05, 3.63) is 45.9 Å². The van der Waals surface area contributed by atoms with Crippen molar-refractivity contribution in [2.45, 2.75) is 6.92 Å². The first kappa shape index (κ1) is 20.6. The van der Waals surface area contributed by atoms with Crippen LogP contribution in [0.15, 0.2) is 34.8 Å². The molecule has 0 bridgehead atoms. The van der Waals surface area contributed by atoms with E-state index in [9.17, 15) is 9.59 Å². The Labute approximate surface area is 166 Å². The van der Waals surface area contributed by atoms with Crippen molar-refractivity contribution in [1.29, 1.82) is 0 Å². The molecule has 0 radical (unpaired) electrons. The molecule has 2 N–H and O–H groups in total. The minimum atomic E-state index is -0.553. The number of nitrogens with one attached hydrogen (secondary N) is 2. The van der Waals surface area contributed by atoms with E-state index in [1.807, 2.05) is 25.1 Å². The van der Waals surface area contributed by atoms with Crippen molar-refractivity contribution in [2.24, 2.45) is 0 Å². The van der Waals surface area contributed by atoms with Crippen molar-refractivity contribution >= 4 is 39.2 Å². The predicted molar refractivity (Wildman–Crippen MR) is 107 cm³/mol. The minimum absolute atomic E-state index is 0.0466. The summed E-state index contributed by atoms with van der Waals surface area (Å²) in [6.07, 6.45) is 0. The molecule has 0 unspecified atom stereocenters. The van der Waals surface area contributed by atoms with Crippen molar-refractivity contribution in [3.63, 3.8) is 0 Å². The summed E-state index contributed by atoms with van der Waals surface area (Å²) in [6, 6.07) is 8.66. The van der Waals surface area contributed by atoms with Gasteiger partial charge in [-0.25, -0.2) is 4.79 Å². The highest BCUT2D eigenvalue weighted by Gasteiger charge is 2.18. The van der Waals surface area contributed by atoms with E-state index in [0.29, 0.717) is 22.9 Å². The number of ether oxygens (including phenoxy) is 3. The first-order chi connectivity index (χ1) is 12.9. The number of hydrogen-bond donors (Lipinski definition) is 2. The number of benzene rings is 2. The van der Waals surface area contributed by atoms with Crippen LogP contribution >= 0.6 is 15.9 Å². The van der Waals surface area contributed by atoms with Crippen LogP contribution in [0.2, 0.25) is 0 Å². The number of amides is 1. The van der Waals surface area contributed by atoms with Crippen LogP contribution in [0.25, 0.3) is 0 Å². The Bertz CT molecular complexity index is 854. The first-order valence-electron chi connectivity index (χ1n) is 8.03. The number of carbonyl (C=O) groups excluding carboxylic acids is 2. The van der Waals surface area contributed by atoms with Crippen molar-refractivity contribution in [3.8, 4) is 11.5 Å². The third-order valence-electron chi connectivity index (χ3n) is 3.83. The smallest absolute Gasteiger partial charge is 0.340 e. The molecule has 0 atom stereocenters. The van der Waals surface area contributed by atoms with Gasteiger partial charge >= 0.3 is 5.97 Å². The van der Waals surface area contributed by atoms with Gasteiger partial charge in [-0.3, -0.25) is 4.79 Å². The largest absolute Gasteiger partial charge is 0.493 e. The summed E-state index contributed by atoms with van der Waals surface area (Å²) >= 11 is 3.39. The summed E-state index contributed by atoms with van der Waals surface area (Å²) in [4.78, 5) is 24.3. The third-order valence-corrected chi connectivity index (χ3v) is 4.32. The molecule has 7 nitrogen and oxygen atoms in total. The highest BCUT2D eigenvalue weighted by Crippen LogP contribution is 2.33. The zero-order chi connectivity index (χ0) is 20.0. The second-order valence-corrected chi connectivity index (χ2v) is 6.52. The Hall–Kier alpha value is -2.74. The molecule has 2 aromatic rings. The van der Waals surface area contributed by atoms with Crippen LogP contribution in [-0.4, -0.2) is 39.8 Å². The van der Waals surface area contributed by atoms with Gasteiger partial charge in [-0.2, -0.15) is 0 Å². The number of esters is 1. The van der Waals surface area contributed by atoms with E-state index < -0.39 is 5.97 Å². The number of aryl methyl sites for hydroxylation is 1. The van der Waals surface area contributed by atoms with E-state index in [1.54, 1.807) is 6.07 Å². The van der Waals surface area contributed by atoms with Crippen LogP contribution in [0.4, 0.5) is 11.4 Å². The second-order valence-electron chi connectivity index (χ2n) is 5.61. The molecule has 0 aliphatic heterocycles. The van der Waals surface area contributed by atoms with Gasteiger partial charge in [0.05, 0.1) is 39.1 Å². The standard InChI is InChI=1S/C19H21BrN2O5/c1-11-7-12(20)5-6-14(11)22-18(23)10-21-15-9-17(26-3)16(25-2)8-13(15)19(24)27-4/h5-9,21H,10H2,1-4H3,(H,22,23). The van der Waals surface area contributed by atoms with E-state index >= 15 is 0 Å². The summed E-state index contributed by atoms with van der Waals surface area (Å²) in [7, 11) is 4.24. The second kappa shape index (κ2) is 9.27. The Balaban J connectivity index is 2.17. The maximum atomic E-state index is 12.3. The third kappa shape index (κ3) is 5.13. The maximum absolute atomic E-state index is 12.3. The molecule has 0 heterocycles. The molecule has 0 fully saturated rings. The normalized spacial score (nSPS) is 10.1. The lowest BCUT2D eigenvalue weighted by Gasteiger charge is -2.15. The fraction of sp³-hybridized carbons (Fsp3) is 0.263. The van der Waals surface area contributed by atoms with Crippen LogP contribution in [0.1, 0.15) is 15.9 Å². The van der Waals surface area contributed by atoms with Crippen molar-refractivity contribution < 1.29 is 23.8 Å². The first-order valence-corrected chi connectivity index (χ1v) is 8.83. The SMILES string of the molecule is COC(=O)c1cc(OC)c(OC)cc1NCC(=O)Nc1ccc(Br)cc1C. The topological polar surface area (TPSA) is 85.9 Å². The number of halogens is 1. The van der Waals surface area contributed by atoms with Crippen molar-refractivity contribution in [2.75, 3.05) is 38.5 Å². The Morgan fingerprint density at radius 2 is 1.67 bits per heavy atom. The average molecular weight is 437 g/mol. The monoisotopic (exact) mass is 436 g/mol. The molecular weight excluding hydrogens is 416 g/mol. The molecule has 27 heavy (non-hydrogen) atoms. The molecule has 2 rings (SSSR count). The van der Waals surface area contributed by atoms with Gasteiger partial charge in [0.1, 0.15) is 0 Å². The molecule has 2 aromatic carbocycles. The molecule has 0 aliphatic rings. The van der Waals surface area contributed by atoms with Gasteiger partial charge in [-0.05, 0) is 30.7 Å². The van der Waals surface area contributed by atoms with E-state index in [4.69, 9.17) is 14.2 Å². The Morgan fingerprint density at radius 1 is 1.00 bits per heavy atom. The summed E-state index contributed by atoms with van der Waals surface area (Å²) < 4.78 is 16.2. The van der Waals surface area contributed by atoms with Crippen LogP contribution in [0.5, 0.6) is 11.5 Å². The maximum Gasteiger partial charge on any atom is 0.340 e. The molecule has 0 aliphatic carbocycles. The molecule has 0 saturated carbocycles. The summed E-state index contributed by atoms with van der Waals surface area (Å²) in [5.41, 5.74) is 2.29. The van der Waals surface area contributed by atoms with Crippen molar-refractivity contribution in [1.82, 2.24) is 0 Å². The fourth-order valence-electron chi connectivity index (χ4n) is 2.44. The van der Waals surface area contributed by atoms with Gasteiger partial charge in [-0.15, -0.1) is 0 Å². The Morgan fingerprint density at radius 3 is 2.26 bits per heavy atom. The van der Waals surface area contributed by atoms with Crippen LogP contribution < -0.4 is 20.1 Å². The lowest BCUT2D eigenvalue weighted by atomic mass is 10.1. The molecule has 144 valence electrons. The minimum Gasteiger partial charge on any atom is -0.493 e. The predicted octanol–water partition coefficient (Wildman–Crippen LogP) is 3.61. The van der Waals surface area contributed by atoms with E-state index in [0.717, 1.165) is 10.0 Å². The van der Waals surface area contributed by atoms with Crippen LogP contribution in [0.3, 0.4) is 0 Å². The number of methoxy groups -OCH3 is 3. The summed E-state index contributed by atoms with van der Waals surface area (Å²) in [5, 5.41) is 5.77. The number of anilines is 2. The molecule has 1 amide bonds. The average Bonchev–Trinajstić information content (AvgIpc) is 2.67. The van der Waals surface area contributed by atoms with Crippen LogP contribution in [0, 0.1) is 6.92 Å². The quantitative estimate of drug-likeness (QED) is 0.644. The lowest BCUT2D eigenvalue weighted by molar-refractivity contribution is -0.114. The number of rotatable bonds is 7. The molecule has 0 spiro atoms. The molecule has 0 aromatic heterocycles. The van der Waals surface area contributed by atoms with Gasteiger partial charge < -0.3 is 24.8 Å². The van der Waals surface area contributed by atoms with Crippen LogP contribution in [-0.2, 0) is 9.53 Å². The Kier molecular flexibility index (Phi) is 7.06. The number of carbonyl (C=O) groups is 2. The van der Waals surface area contributed by atoms with Gasteiger partial charge in [0, 0.05) is 22.3 Å². The van der Waals surface area contributed by atoms with Gasteiger partial charge in [0.15, 0.2) is 11.5 Å². The lowest BCUT2D eigenvalue weighted by Crippen LogP contribution is -2.23. The molecular formula is C19H21BrN2O5. The van der Waals surface area contributed by atoms with E-state index in [2.05, 4.69) is 26.6 Å². The highest BCUT2D eigenvalue weighted by molar-refractivity contribution is 9.10. The zero-order valence-electron chi connectivity index (χ0n) is 15.5. The van der Waals surface area contributed by atoms with Gasteiger partial charge in [0.25, 0.3) is 0 Å². The summed E-state index contributed by atoms with van der Waals surface area (Å²) in [6.45, 7) is 1.85. The van der Waals surface area contributed by atoms with E-state index in [-0.39, 0.29) is 18.0 Å². The van der Waals surface area contributed by atoms with E-state index in [1.165, 1.54) is 27.4 Å². The highest BCUT2D eigenvalue weighted by atomic mass is 79.9. The molecule has 0 saturated heterocycles. The summed E-state index contributed by atoms with van der Waals surface area (Å²) in [5.74, 6) is 0.00356. The molecule has 8 heteroatoms. The number of hydrogen-bond acceptors (Lipinski definition) is 6. The zero-order valence-corrected chi connectivity index (χ0v) is 17.1. The van der Waals surface area contributed by atoms with Gasteiger partial charge in [0.2, 0.25) is 5.91 Å². The van der Waals surface area contributed by atoms with Gasteiger partial charge in [-0.1, -0.05) is 15.9 Å². The fourth-order valence-corrected chi connectivity index (χ4v) is 2.92.